The SMILES string of the molecule is C=C/C(=C\C)S(=O)(=O)C1CCN(C)CC1. The van der Waals surface area contributed by atoms with E-state index in [1.807, 2.05) is 7.05 Å². The summed E-state index contributed by atoms with van der Waals surface area (Å²) in [5.74, 6) is 0. The third kappa shape index (κ3) is 2.69. The molecular formula is C11H19NO2S. The maximum atomic E-state index is 12.1. The molecule has 0 unspecified atom stereocenters. The Morgan fingerprint density at radius 2 is 1.93 bits per heavy atom. The summed E-state index contributed by atoms with van der Waals surface area (Å²) in [4.78, 5) is 2.53. The zero-order chi connectivity index (χ0) is 11.5. The first-order valence-electron chi connectivity index (χ1n) is 5.23. The van der Waals surface area contributed by atoms with Crippen molar-refractivity contribution in [2.24, 2.45) is 0 Å². The van der Waals surface area contributed by atoms with E-state index >= 15 is 0 Å². The summed E-state index contributed by atoms with van der Waals surface area (Å²) in [6, 6.07) is 0. The fourth-order valence-corrected chi connectivity index (χ4v) is 3.66. The average Bonchev–Trinajstić information content (AvgIpc) is 2.19. The van der Waals surface area contributed by atoms with Crippen LogP contribution in [0.3, 0.4) is 0 Å². The van der Waals surface area contributed by atoms with Gasteiger partial charge in [-0.2, -0.15) is 0 Å². The Labute approximate surface area is 92.4 Å². The minimum atomic E-state index is -3.13. The van der Waals surface area contributed by atoms with Crippen molar-refractivity contribution in [1.82, 2.24) is 4.90 Å². The molecule has 1 heterocycles. The molecule has 0 amide bonds. The lowest BCUT2D eigenvalue weighted by Crippen LogP contribution is -2.37. The van der Waals surface area contributed by atoms with Gasteiger partial charge in [-0.1, -0.05) is 18.7 Å². The fourth-order valence-electron chi connectivity index (χ4n) is 1.89. The summed E-state index contributed by atoms with van der Waals surface area (Å²) in [6.07, 6.45) is 4.52. The molecule has 1 rings (SSSR count). The molecule has 0 aromatic carbocycles. The van der Waals surface area contributed by atoms with Gasteiger partial charge >= 0.3 is 0 Å². The number of hydrogen-bond acceptors (Lipinski definition) is 3. The molecule has 0 bridgehead atoms. The maximum absolute atomic E-state index is 12.1. The Morgan fingerprint density at radius 1 is 1.40 bits per heavy atom. The number of nitrogens with zero attached hydrogens (tertiary/aromatic N) is 1. The van der Waals surface area contributed by atoms with E-state index in [-0.39, 0.29) is 5.25 Å². The summed E-state index contributed by atoms with van der Waals surface area (Å²) >= 11 is 0. The Morgan fingerprint density at radius 3 is 2.33 bits per heavy atom. The lowest BCUT2D eigenvalue weighted by Gasteiger charge is -2.28. The highest BCUT2D eigenvalue weighted by Gasteiger charge is 2.30. The first kappa shape index (κ1) is 12.5. The molecule has 15 heavy (non-hydrogen) atoms. The summed E-state index contributed by atoms with van der Waals surface area (Å²) in [5, 5.41) is -0.224. The van der Waals surface area contributed by atoms with Crippen LogP contribution >= 0.6 is 0 Å². The largest absolute Gasteiger partial charge is 0.306 e. The van der Waals surface area contributed by atoms with Crippen molar-refractivity contribution in [2.75, 3.05) is 20.1 Å². The van der Waals surface area contributed by atoms with Crippen molar-refractivity contribution in [3.8, 4) is 0 Å². The van der Waals surface area contributed by atoms with Crippen LogP contribution in [0.4, 0.5) is 0 Å². The van der Waals surface area contributed by atoms with Crippen LogP contribution in [0.1, 0.15) is 19.8 Å². The van der Waals surface area contributed by atoms with E-state index in [4.69, 9.17) is 0 Å². The molecule has 0 atom stereocenters. The van der Waals surface area contributed by atoms with Crippen molar-refractivity contribution in [2.45, 2.75) is 25.0 Å². The van der Waals surface area contributed by atoms with Gasteiger partial charge in [0.05, 0.1) is 10.2 Å². The smallest absolute Gasteiger partial charge is 0.180 e. The maximum Gasteiger partial charge on any atom is 0.180 e. The summed E-state index contributed by atoms with van der Waals surface area (Å²) in [7, 11) is -1.11. The van der Waals surface area contributed by atoms with E-state index in [2.05, 4.69) is 11.5 Å². The standard InChI is InChI=1S/C11H19NO2S/c1-4-10(5-2)15(13,14)11-6-8-12(3)9-7-11/h4-5,11H,1,6-9H2,2-3H3/b10-5+. The van der Waals surface area contributed by atoms with E-state index in [1.54, 1.807) is 13.0 Å². The Hall–Kier alpha value is -0.610. The second-order valence-electron chi connectivity index (χ2n) is 3.94. The molecule has 1 aliphatic heterocycles. The minimum absolute atomic E-state index is 0.224. The van der Waals surface area contributed by atoms with Crippen molar-refractivity contribution < 1.29 is 8.42 Å². The van der Waals surface area contributed by atoms with E-state index in [0.717, 1.165) is 25.9 Å². The van der Waals surface area contributed by atoms with E-state index in [0.29, 0.717) is 4.91 Å². The van der Waals surface area contributed by atoms with Gasteiger partial charge in [0.15, 0.2) is 9.84 Å². The molecular weight excluding hydrogens is 210 g/mol. The number of piperidine rings is 1. The number of likely N-dealkylation sites (tertiary alicyclic amines) is 1. The predicted octanol–water partition coefficient (Wildman–Crippen LogP) is 1.59. The highest BCUT2D eigenvalue weighted by Crippen LogP contribution is 2.23. The van der Waals surface area contributed by atoms with Gasteiger partial charge < -0.3 is 4.90 Å². The molecule has 1 saturated heterocycles. The summed E-state index contributed by atoms with van der Waals surface area (Å²) < 4.78 is 24.2. The molecule has 1 aliphatic rings. The summed E-state index contributed by atoms with van der Waals surface area (Å²) in [5.41, 5.74) is 0. The van der Waals surface area contributed by atoms with Crippen molar-refractivity contribution in [3.05, 3.63) is 23.6 Å². The van der Waals surface area contributed by atoms with Crippen LogP contribution < -0.4 is 0 Å². The lowest BCUT2D eigenvalue weighted by molar-refractivity contribution is 0.278. The third-order valence-electron chi connectivity index (χ3n) is 2.92. The average molecular weight is 229 g/mol. The number of sulfone groups is 1. The van der Waals surface area contributed by atoms with Crippen LogP contribution in [0.15, 0.2) is 23.6 Å². The van der Waals surface area contributed by atoms with E-state index < -0.39 is 9.84 Å². The van der Waals surface area contributed by atoms with Crippen molar-refractivity contribution in [3.63, 3.8) is 0 Å². The molecule has 0 spiro atoms. The van der Waals surface area contributed by atoms with Gasteiger partial charge in [-0.15, -0.1) is 0 Å². The molecule has 0 aromatic heterocycles. The van der Waals surface area contributed by atoms with Gasteiger partial charge in [-0.3, -0.25) is 0 Å². The van der Waals surface area contributed by atoms with Crippen LogP contribution in [0.2, 0.25) is 0 Å². The van der Waals surface area contributed by atoms with Crippen LogP contribution in [0.5, 0.6) is 0 Å². The molecule has 86 valence electrons. The highest BCUT2D eigenvalue weighted by atomic mass is 32.2. The van der Waals surface area contributed by atoms with Crippen LogP contribution in [-0.4, -0.2) is 38.7 Å². The van der Waals surface area contributed by atoms with Gasteiger partial charge in [0, 0.05) is 0 Å². The van der Waals surface area contributed by atoms with Crippen molar-refractivity contribution >= 4 is 9.84 Å². The van der Waals surface area contributed by atoms with Gasteiger partial charge in [0.25, 0.3) is 0 Å². The van der Waals surface area contributed by atoms with Gasteiger partial charge in [-0.25, -0.2) is 8.42 Å². The zero-order valence-electron chi connectivity index (χ0n) is 9.44. The zero-order valence-corrected chi connectivity index (χ0v) is 10.3. The molecule has 0 radical (unpaired) electrons. The quantitative estimate of drug-likeness (QED) is 0.690. The Balaban J connectivity index is 2.83. The Kier molecular flexibility index (Phi) is 4.11. The van der Waals surface area contributed by atoms with Gasteiger partial charge in [0.2, 0.25) is 0 Å². The van der Waals surface area contributed by atoms with Crippen LogP contribution in [0, 0.1) is 0 Å². The number of rotatable bonds is 3. The molecule has 0 aliphatic carbocycles. The normalized spacial score (nSPS) is 21.6. The first-order valence-corrected chi connectivity index (χ1v) is 6.78. The molecule has 1 fully saturated rings. The fraction of sp³-hybridized carbons (Fsp3) is 0.636. The molecule has 3 nitrogen and oxygen atoms in total. The second-order valence-corrected chi connectivity index (χ2v) is 6.17. The number of hydrogen-bond donors (Lipinski definition) is 0. The number of allylic oxidation sites excluding steroid dienone is 2. The van der Waals surface area contributed by atoms with Crippen molar-refractivity contribution in [1.29, 1.82) is 0 Å². The minimum Gasteiger partial charge on any atom is -0.306 e. The molecule has 4 heteroatoms. The monoisotopic (exact) mass is 229 g/mol. The van der Waals surface area contributed by atoms with E-state index in [1.165, 1.54) is 6.08 Å². The van der Waals surface area contributed by atoms with Crippen LogP contribution in [0.25, 0.3) is 0 Å². The molecule has 0 N–H and O–H groups in total. The van der Waals surface area contributed by atoms with E-state index in [9.17, 15) is 8.42 Å². The third-order valence-corrected chi connectivity index (χ3v) is 5.33. The predicted molar refractivity (Wildman–Crippen MR) is 63.4 cm³/mol. The second kappa shape index (κ2) is 4.94. The summed E-state index contributed by atoms with van der Waals surface area (Å²) in [6.45, 7) is 7.01. The topological polar surface area (TPSA) is 37.4 Å². The lowest BCUT2D eigenvalue weighted by atomic mass is 10.1. The van der Waals surface area contributed by atoms with Gasteiger partial charge in [0.1, 0.15) is 0 Å². The van der Waals surface area contributed by atoms with Crippen LogP contribution in [-0.2, 0) is 9.84 Å². The highest BCUT2D eigenvalue weighted by molar-refractivity contribution is 7.96. The first-order chi connectivity index (χ1) is 7.02. The molecule has 0 aromatic rings. The Bertz CT molecular complexity index is 349. The van der Waals surface area contributed by atoms with Gasteiger partial charge in [-0.05, 0) is 39.9 Å². The molecule has 0 saturated carbocycles.